The summed E-state index contributed by atoms with van der Waals surface area (Å²) in [5.74, 6) is -3.70. The molecule has 2 aliphatic heterocycles. The van der Waals surface area contributed by atoms with Crippen LogP contribution in [0.1, 0.15) is 130 Å². The van der Waals surface area contributed by atoms with Crippen LogP contribution in [0.4, 0.5) is 0 Å². The number of carbonyl (C=O) groups is 6. The first-order valence-corrected chi connectivity index (χ1v) is 30.8. The molecular weight excluding hydrogens is 1150 g/mol. The molecule has 2 aliphatic rings. The van der Waals surface area contributed by atoms with Crippen molar-refractivity contribution in [1.82, 2.24) is 56.2 Å². The van der Waals surface area contributed by atoms with Crippen LogP contribution in [0.25, 0.3) is 43.4 Å². The van der Waals surface area contributed by atoms with Gasteiger partial charge in [0, 0.05) is 62.5 Å². The Morgan fingerprint density at radius 2 is 1.25 bits per heavy atom. The van der Waals surface area contributed by atoms with E-state index in [0.29, 0.717) is 70.6 Å². The van der Waals surface area contributed by atoms with Gasteiger partial charge < -0.3 is 31.7 Å². The van der Waals surface area contributed by atoms with Gasteiger partial charge in [-0.05, 0) is 37.1 Å². The van der Waals surface area contributed by atoms with Crippen molar-refractivity contribution >= 4 is 103 Å². The van der Waals surface area contributed by atoms with Crippen LogP contribution in [0, 0.1) is 19.8 Å². The van der Waals surface area contributed by atoms with E-state index in [1.807, 2.05) is 92.2 Å². The van der Waals surface area contributed by atoms with Gasteiger partial charge >= 0.3 is 0 Å². The molecule has 6 N–H and O–H groups in total. The van der Waals surface area contributed by atoms with Crippen molar-refractivity contribution in [3.63, 3.8) is 0 Å². The van der Waals surface area contributed by atoms with E-state index in [2.05, 4.69) is 26.3 Å². The van der Waals surface area contributed by atoms with Crippen molar-refractivity contribution < 1.29 is 33.5 Å². The van der Waals surface area contributed by atoms with Gasteiger partial charge in [-0.15, -0.1) is 68.0 Å². The molecule has 1 saturated heterocycles. The standard InChI is InChI=1S/C56H50N12O7S6/c1-25-11-13-30(14-12-25)17-34-47(71)66-44(27(3)41-19-75-41)56-65-40(24-80-56)53-62-37(21-78-53)46-32(15-16-33(58-46)52-61-36(20-77-52)28(4)69)51-63-38(22-76-51)49(73)60-35(18-42(57)70)54-68-45(29(5)81-54)50(74)67-43(26(2)31-9-7-6-8-10-31)55-64-39(23-79-55)48(72)59-34/h6-16,20-24,26-27,34-35,41,43-44H,17-19H2,1-5H3,(H2,57,70)(H,59,72)(H,60,73)(H,66,71)(H,67,74). The zero-order valence-electron chi connectivity index (χ0n) is 43.9. The van der Waals surface area contributed by atoms with Crippen molar-refractivity contribution in [2.75, 3.05) is 6.61 Å². The molecule has 5 amide bonds. The molecule has 9 heterocycles. The van der Waals surface area contributed by atoms with E-state index in [4.69, 9.17) is 40.4 Å². The Morgan fingerprint density at radius 1 is 0.617 bits per heavy atom. The summed E-state index contributed by atoms with van der Waals surface area (Å²) in [5, 5.41) is 23.7. The lowest BCUT2D eigenvalue weighted by Gasteiger charge is -2.26. The second-order valence-electron chi connectivity index (χ2n) is 19.6. The van der Waals surface area contributed by atoms with Gasteiger partial charge in [-0.2, -0.15) is 0 Å². The van der Waals surface area contributed by atoms with E-state index in [1.165, 1.54) is 63.6 Å². The zero-order valence-corrected chi connectivity index (χ0v) is 48.8. The minimum Gasteiger partial charge on any atom is -0.373 e. The monoisotopic (exact) mass is 1190 g/mol. The fraction of sp³-hybridized carbons (Fsp3) is 0.268. The molecule has 0 spiro atoms. The van der Waals surface area contributed by atoms with Crippen molar-refractivity contribution in [3.8, 4) is 43.4 Å². The summed E-state index contributed by atoms with van der Waals surface area (Å²) < 4.78 is 5.79. The van der Waals surface area contributed by atoms with Crippen LogP contribution < -0.4 is 27.0 Å². The lowest BCUT2D eigenvalue weighted by molar-refractivity contribution is -0.124. The summed E-state index contributed by atoms with van der Waals surface area (Å²) in [6.07, 6.45) is -0.320. The lowest BCUT2D eigenvalue weighted by atomic mass is 9.93. The quantitative estimate of drug-likeness (QED) is 0.0630. The summed E-state index contributed by atoms with van der Waals surface area (Å²) >= 11 is 7.51. The minimum atomic E-state index is -1.06. The molecule has 11 rings (SSSR count). The Hall–Kier alpha value is -7.65. The van der Waals surface area contributed by atoms with Gasteiger partial charge in [0.2, 0.25) is 11.8 Å². The fourth-order valence-corrected chi connectivity index (χ4v) is 14.6. The van der Waals surface area contributed by atoms with Crippen LogP contribution in [0.5, 0.6) is 0 Å². The number of Topliss-reactive ketones (excluding diaryl/α,β-unsaturated/α-hetero) is 1. The number of fused-ring (bicyclic) bond motifs is 14. The fourth-order valence-electron chi connectivity index (χ4n) is 9.18. The zero-order chi connectivity index (χ0) is 56.6. The number of ketones is 1. The van der Waals surface area contributed by atoms with Gasteiger partial charge in [0.05, 0.1) is 43.0 Å². The highest BCUT2D eigenvalue weighted by Crippen LogP contribution is 2.41. The molecule has 412 valence electrons. The first-order valence-electron chi connectivity index (χ1n) is 25.5. The number of benzene rings is 2. The van der Waals surface area contributed by atoms with E-state index < -0.39 is 53.7 Å². The molecule has 7 atom stereocenters. The molecule has 1 fully saturated rings. The highest BCUT2D eigenvalue weighted by atomic mass is 32.1. The van der Waals surface area contributed by atoms with Crippen LogP contribution >= 0.6 is 68.0 Å². The number of hydrogen-bond donors (Lipinski definition) is 5. The third kappa shape index (κ3) is 12.2. The number of aryl methyl sites for hydroxylation is 2. The molecule has 0 saturated carbocycles. The maximum Gasteiger partial charge on any atom is 0.271 e. The first kappa shape index (κ1) is 55.3. The van der Waals surface area contributed by atoms with Gasteiger partial charge in [0.25, 0.3) is 17.7 Å². The summed E-state index contributed by atoms with van der Waals surface area (Å²) in [6, 6.07) is 17.4. The number of hydrogen-bond acceptors (Lipinski definition) is 20. The third-order valence-corrected chi connectivity index (χ3v) is 19.4. The molecular formula is C56H50N12O7S6. The van der Waals surface area contributed by atoms with Gasteiger partial charge in [-0.1, -0.05) is 74.0 Å². The van der Waals surface area contributed by atoms with Crippen LogP contribution in [-0.2, 0) is 20.7 Å². The minimum absolute atomic E-state index is 0.0397. The Balaban J connectivity index is 1.01. The molecule has 25 heteroatoms. The number of epoxide rings is 1. The average molecular weight is 1200 g/mol. The highest BCUT2D eigenvalue weighted by Gasteiger charge is 2.40. The van der Waals surface area contributed by atoms with Crippen molar-refractivity contribution in [2.45, 2.75) is 83.6 Å². The van der Waals surface area contributed by atoms with Gasteiger partial charge in [-0.3, -0.25) is 28.8 Å². The SMILES string of the molecule is CC(=O)c1csc(-c2ccc3c(n2)-c2csc(n2)-c2csc(n2)C(C(C)C2CO2)NC(=O)C(Cc2ccc(C)cc2)NC(=O)c2csc(n2)C(C(C)c2ccccc2)NC(=O)c2nc(sc2C)C(CC(N)=O)NC(=O)c2csc-3n2)n1. The van der Waals surface area contributed by atoms with E-state index >= 15 is 0 Å². The number of primary amides is 1. The third-order valence-electron chi connectivity index (χ3n) is 13.8. The second-order valence-corrected chi connectivity index (χ2v) is 25.2. The van der Waals surface area contributed by atoms with E-state index in [-0.39, 0.29) is 58.7 Å². The summed E-state index contributed by atoms with van der Waals surface area (Å²) in [7, 11) is 0. The number of nitrogens with two attached hydrogens (primary N) is 1. The Kier molecular flexibility index (Phi) is 16.0. The number of amides is 5. The predicted octanol–water partition coefficient (Wildman–Crippen LogP) is 9.48. The number of nitrogens with zero attached hydrogens (tertiary/aromatic N) is 7. The number of thiazole rings is 6. The van der Waals surface area contributed by atoms with Crippen LogP contribution in [0.2, 0.25) is 0 Å². The molecule has 7 unspecified atom stereocenters. The highest BCUT2D eigenvalue weighted by molar-refractivity contribution is 7.15. The second kappa shape index (κ2) is 23.4. The molecule has 2 aromatic carbocycles. The summed E-state index contributed by atoms with van der Waals surface area (Å²) in [4.78, 5) is 118. The number of ether oxygens (including phenoxy) is 1. The van der Waals surface area contributed by atoms with Gasteiger partial charge in [-0.25, -0.2) is 34.9 Å². The summed E-state index contributed by atoms with van der Waals surface area (Å²) in [6.45, 7) is 9.59. The predicted molar refractivity (Wildman–Crippen MR) is 313 cm³/mol. The number of pyridine rings is 1. The Morgan fingerprint density at radius 3 is 1.96 bits per heavy atom. The van der Waals surface area contributed by atoms with E-state index in [1.54, 1.807) is 29.1 Å². The summed E-state index contributed by atoms with van der Waals surface area (Å²) in [5.41, 5.74) is 11.5. The van der Waals surface area contributed by atoms with Crippen LogP contribution in [0.3, 0.4) is 0 Å². The Bertz CT molecular complexity index is 3860. The van der Waals surface area contributed by atoms with Crippen molar-refractivity contribution in [2.24, 2.45) is 11.7 Å². The molecule has 10 bridgehead atoms. The van der Waals surface area contributed by atoms with Crippen molar-refractivity contribution in [1.29, 1.82) is 0 Å². The molecule has 19 nitrogen and oxygen atoms in total. The van der Waals surface area contributed by atoms with E-state index in [0.717, 1.165) is 28.0 Å². The lowest BCUT2D eigenvalue weighted by Crippen LogP contribution is -2.50. The average Bonchev–Trinajstić information content (AvgIpc) is 4.22. The maximum atomic E-state index is 14.9. The van der Waals surface area contributed by atoms with Gasteiger partial charge in [0.15, 0.2) is 5.78 Å². The molecule has 0 radical (unpaired) electrons. The molecule has 7 aromatic heterocycles. The van der Waals surface area contributed by atoms with Gasteiger partial charge in [0.1, 0.15) is 75.9 Å². The van der Waals surface area contributed by atoms with Crippen molar-refractivity contribution in [3.05, 3.63) is 153 Å². The maximum absolute atomic E-state index is 14.9. The Labute approximate surface area is 488 Å². The topological polar surface area (TPSA) is 279 Å². The van der Waals surface area contributed by atoms with Crippen LogP contribution in [-0.4, -0.2) is 89.0 Å². The first-order chi connectivity index (χ1) is 39.0. The number of aromatic nitrogens is 7. The molecule has 0 aliphatic carbocycles. The van der Waals surface area contributed by atoms with E-state index in [9.17, 15) is 28.8 Å². The normalized spacial score (nSPS) is 19.3. The smallest absolute Gasteiger partial charge is 0.271 e. The molecule has 81 heavy (non-hydrogen) atoms. The number of carbonyl (C=O) groups excluding carboxylic acids is 6. The number of nitrogens with one attached hydrogen (secondary N) is 4. The molecule has 9 aromatic rings. The largest absolute Gasteiger partial charge is 0.373 e. The van der Waals surface area contributed by atoms with Crippen LogP contribution in [0.15, 0.2) is 93.6 Å². The number of rotatable bonds is 10.